The molecule has 132 valence electrons. The van der Waals surface area contributed by atoms with E-state index in [2.05, 4.69) is 12.2 Å². The first kappa shape index (κ1) is 17.5. The highest BCUT2D eigenvalue weighted by molar-refractivity contribution is 5.94. The SMILES string of the molecule is C[C@H]1CCC[C@@H](O)C1NC(=O)c1ccc(OCc2ccccc2)cc1. The number of aliphatic hydroxyl groups is 1. The van der Waals surface area contributed by atoms with Crippen molar-refractivity contribution >= 4 is 5.91 Å². The number of nitrogens with one attached hydrogen (secondary N) is 1. The molecule has 2 aromatic carbocycles. The molecule has 0 spiro atoms. The lowest BCUT2D eigenvalue weighted by atomic mass is 9.83. The van der Waals surface area contributed by atoms with Crippen LogP contribution in [0.2, 0.25) is 0 Å². The molecule has 2 aromatic rings. The van der Waals surface area contributed by atoms with E-state index in [-0.39, 0.29) is 11.9 Å². The van der Waals surface area contributed by atoms with Crippen LogP contribution in [0.1, 0.15) is 42.1 Å². The summed E-state index contributed by atoms with van der Waals surface area (Å²) in [5, 5.41) is 13.1. The van der Waals surface area contributed by atoms with Crippen molar-refractivity contribution in [1.29, 1.82) is 0 Å². The Morgan fingerprint density at radius 1 is 1.12 bits per heavy atom. The molecule has 1 unspecified atom stereocenters. The average molecular weight is 339 g/mol. The molecule has 0 aromatic heterocycles. The Morgan fingerprint density at radius 3 is 2.52 bits per heavy atom. The number of ether oxygens (including phenoxy) is 1. The van der Waals surface area contributed by atoms with Crippen molar-refractivity contribution in [2.75, 3.05) is 0 Å². The molecule has 1 aliphatic rings. The van der Waals surface area contributed by atoms with Crippen molar-refractivity contribution in [3.05, 3.63) is 65.7 Å². The van der Waals surface area contributed by atoms with Crippen LogP contribution in [0.4, 0.5) is 0 Å². The number of aliphatic hydroxyl groups excluding tert-OH is 1. The van der Waals surface area contributed by atoms with Crippen molar-refractivity contribution in [3.8, 4) is 5.75 Å². The molecule has 0 heterocycles. The molecule has 3 atom stereocenters. The second-order valence-corrected chi connectivity index (χ2v) is 6.77. The summed E-state index contributed by atoms with van der Waals surface area (Å²) in [6.45, 7) is 2.58. The largest absolute Gasteiger partial charge is 0.489 e. The van der Waals surface area contributed by atoms with Gasteiger partial charge in [-0.3, -0.25) is 4.79 Å². The summed E-state index contributed by atoms with van der Waals surface area (Å²) in [4.78, 5) is 12.4. The van der Waals surface area contributed by atoms with Crippen molar-refractivity contribution in [3.63, 3.8) is 0 Å². The fourth-order valence-corrected chi connectivity index (χ4v) is 3.30. The molecule has 0 radical (unpaired) electrons. The second kappa shape index (κ2) is 8.17. The van der Waals surface area contributed by atoms with Gasteiger partial charge in [0.2, 0.25) is 0 Å². The summed E-state index contributed by atoms with van der Waals surface area (Å²) in [6, 6.07) is 16.9. The lowest BCUT2D eigenvalue weighted by Gasteiger charge is -2.34. The molecular formula is C21H25NO3. The number of benzene rings is 2. The zero-order chi connectivity index (χ0) is 17.6. The zero-order valence-corrected chi connectivity index (χ0v) is 14.5. The predicted molar refractivity (Wildman–Crippen MR) is 97.5 cm³/mol. The molecular weight excluding hydrogens is 314 g/mol. The molecule has 1 amide bonds. The number of rotatable bonds is 5. The molecule has 0 saturated heterocycles. The standard InChI is InChI=1S/C21H25NO3/c1-15-6-5-9-19(23)20(15)22-21(24)17-10-12-18(13-11-17)25-14-16-7-3-2-4-8-16/h2-4,7-8,10-13,15,19-20,23H,5-6,9,14H2,1H3,(H,22,24)/t15-,19+,20?/m0/s1. The lowest BCUT2D eigenvalue weighted by molar-refractivity contribution is 0.0544. The van der Waals surface area contributed by atoms with E-state index >= 15 is 0 Å². The smallest absolute Gasteiger partial charge is 0.251 e. The van der Waals surface area contributed by atoms with Crippen LogP contribution in [0, 0.1) is 5.92 Å². The van der Waals surface area contributed by atoms with Gasteiger partial charge < -0.3 is 15.2 Å². The normalized spacial score (nSPS) is 23.0. The first-order valence-electron chi connectivity index (χ1n) is 8.89. The number of hydrogen-bond donors (Lipinski definition) is 2. The Labute approximate surface area is 148 Å². The van der Waals surface area contributed by atoms with E-state index < -0.39 is 6.10 Å². The number of carbonyl (C=O) groups excluding carboxylic acids is 1. The molecule has 0 bridgehead atoms. The van der Waals surface area contributed by atoms with Crippen LogP contribution >= 0.6 is 0 Å². The van der Waals surface area contributed by atoms with Gasteiger partial charge in [-0.1, -0.05) is 43.7 Å². The first-order chi connectivity index (χ1) is 12.1. The Kier molecular flexibility index (Phi) is 5.71. The van der Waals surface area contributed by atoms with Gasteiger partial charge >= 0.3 is 0 Å². The maximum absolute atomic E-state index is 12.4. The third kappa shape index (κ3) is 4.60. The van der Waals surface area contributed by atoms with E-state index in [1.165, 1.54) is 0 Å². The van der Waals surface area contributed by atoms with Gasteiger partial charge in [0.1, 0.15) is 12.4 Å². The highest BCUT2D eigenvalue weighted by atomic mass is 16.5. The minimum Gasteiger partial charge on any atom is -0.489 e. The van der Waals surface area contributed by atoms with Crippen LogP contribution in [0.25, 0.3) is 0 Å². The summed E-state index contributed by atoms with van der Waals surface area (Å²) >= 11 is 0. The van der Waals surface area contributed by atoms with Crippen LogP contribution in [-0.2, 0) is 6.61 Å². The van der Waals surface area contributed by atoms with Gasteiger partial charge in [-0.05, 0) is 48.6 Å². The summed E-state index contributed by atoms with van der Waals surface area (Å²) in [6.07, 6.45) is 2.35. The summed E-state index contributed by atoms with van der Waals surface area (Å²) in [5.74, 6) is 0.875. The van der Waals surface area contributed by atoms with Crippen LogP contribution in [0.5, 0.6) is 5.75 Å². The monoisotopic (exact) mass is 339 g/mol. The zero-order valence-electron chi connectivity index (χ0n) is 14.5. The fraction of sp³-hybridized carbons (Fsp3) is 0.381. The van der Waals surface area contributed by atoms with Crippen LogP contribution < -0.4 is 10.1 Å². The summed E-state index contributed by atoms with van der Waals surface area (Å²) in [5.41, 5.74) is 1.68. The van der Waals surface area contributed by atoms with Crippen LogP contribution in [0.3, 0.4) is 0 Å². The van der Waals surface area contributed by atoms with E-state index in [1.807, 2.05) is 30.3 Å². The van der Waals surface area contributed by atoms with Crippen molar-refractivity contribution < 1.29 is 14.6 Å². The third-order valence-corrected chi connectivity index (χ3v) is 4.85. The first-order valence-corrected chi connectivity index (χ1v) is 8.89. The highest BCUT2D eigenvalue weighted by Gasteiger charge is 2.30. The number of hydrogen-bond acceptors (Lipinski definition) is 3. The second-order valence-electron chi connectivity index (χ2n) is 6.77. The molecule has 0 aliphatic heterocycles. The van der Waals surface area contributed by atoms with Gasteiger partial charge in [0.05, 0.1) is 12.1 Å². The van der Waals surface area contributed by atoms with Crippen molar-refractivity contribution in [1.82, 2.24) is 5.32 Å². The Morgan fingerprint density at radius 2 is 1.84 bits per heavy atom. The van der Waals surface area contributed by atoms with E-state index in [0.29, 0.717) is 18.1 Å². The minimum atomic E-state index is -0.457. The summed E-state index contributed by atoms with van der Waals surface area (Å²) in [7, 11) is 0. The Bertz CT molecular complexity index is 674. The van der Waals surface area contributed by atoms with E-state index in [4.69, 9.17) is 4.74 Å². The topological polar surface area (TPSA) is 58.6 Å². The van der Waals surface area contributed by atoms with Crippen LogP contribution in [0.15, 0.2) is 54.6 Å². The Balaban J connectivity index is 1.57. The van der Waals surface area contributed by atoms with Gasteiger partial charge in [-0.15, -0.1) is 0 Å². The molecule has 3 rings (SSSR count). The molecule has 1 aliphatic carbocycles. The number of amides is 1. The summed E-state index contributed by atoms with van der Waals surface area (Å²) < 4.78 is 5.74. The Hall–Kier alpha value is -2.33. The van der Waals surface area contributed by atoms with E-state index in [1.54, 1.807) is 24.3 Å². The maximum Gasteiger partial charge on any atom is 0.251 e. The predicted octanol–water partition coefficient (Wildman–Crippen LogP) is 3.54. The minimum absolute atomic E-state index is 0.146. The lowest BCUT2D eigenvalue weighted by Crippen LogP contribution is -2.49. The molecule has 4 heteroatoms. The van der Waals surface area contributed by atoms with E-state index in [9.17, 15) is 9.90 Å². The molecule has 1 fully saturated rings. The average Bonchev–Trinajstić information content (AvgIpc) is 2.64. The van der Waals surface area contributed by atoms with Gasteiger partial charge in [0.25, 0.3) is 5.91 Å². The molecule has 1 saturated carbocycles. The van der Waals surface area contributed by atoms with Crippen molar-refractivity contribution in [2.45, 2.75) is 44.9 Å². The van der Waals surface area contributed by atoms with E-state index in [0.717, 1.165) is 30.6 Å². The molecule has 2 N–H and O–H groups in total. The highest BCUT2D eigenvalue weighted by Crippen LogP contribution is 2.25. The quantitative estimate of drug-likeness (QED) is 0.876. The van der Waals surface area contributed by atoms with Crippen molar-refractivity contribution in [2.24, 2.45) is 5.92 Å². The van der Waals surface area contributed by atoms with Crippen LogP contribution in [-0.4, -0.2) is 23.2 Å². The van der Waals surface area contributed by atoms with Gasteiger partial charge in [-0.25, -0.2) is 0 Å². The van der Waals surface area contributed by atoms with Gasteiger partial charge in [-0.2, -0.15) is 0 Å². The maximum atomic E-state index is 12.4. The molecule has 25 heavy (non-hydrogen) atoms. The molecule has 4 nitrogen and oxygen atoms in total. The third-order valence-electron chi connectivity index (χ3n) is 4.85. The fourth-order valence-electron chi connectivity index (χ4n) is 3.30. The number of carbonyl (C=O) groups is 1. The van der Waals surface area contributed by atoms with Gasteiger partial charge in [0.15, 0.2) is 0 Å². The van der Waals surface area contributed by atoms with Gasteiger partial charge in [0, 0.05) is 5.56 Å².